The largest absolute Gasteiger partial charge is 0.405 e. The molecule has 1 heterocycles. The van der Waals surface area contributed by atoms with Crippen LogP contribution in [0.5, 0.6) is 0 Å². The van der Waals surface area contributed by atoms with E-state index in [0.29, 0.717) is 0 Å². The summed E-state index contributed by atoms with van der Waals surface area (Å²) < 4.78 is 85.5. The molecule has 0 bridgehead atoms. The summed E-state index contributed by atoms with van der Waals surface area (Å²) in [5.74, 6) is -1.38. The molecule has 1 aromatic carbocycles. The second-order valence-electron chi connectivity index (χ2n) is 5.54. The van der Waals surface area contributed by atoms with Gasteiger partial charge >= 0.3 is 6.18 Å². The number of sulfone groups is 1. The van der Waals surface area contributed by atoms with Gasteiger partial charge in [-0.05, 0) is 30.7 Å². The van der Waals surface area contributed by atoms with Crippen molar-refractivity contribution in [3.05, 3.63) is 29.8 Å². The van der Waals surface area contributed by atoms with Gasteiger partial charge in [0.1, 0.15) is 6.54 Å². The lowest BCUT2D eigenvalue weighted by Gasteiger charge is -2.12. The normalized spacial score (nSPS) is 20.4. The van der Waals surface area contributed by atoms with E-state index in [2.05, 4.69) is 4.72 Å². The number of benzene rings is 1. The molecule has 0 radical (unpaired) electrons. The second-order valence-corrected chi connectivity index (χ2v) is 9.49. The molecule has 12 heteroatoms. The Labute approximate surface area is 142 Å². The second kappa shape index (κ2) is 6.92. The van der Waals surface area contributed by atoms with Crippen molar-refractivity contribution in [2.45, 2.75) is 23.5 Å². The van der Waals surface area contributed by atoms with Crippen LogP contribution in [0, 0.1) is 0 Å². The van der Waals surface area contributed by atoms with Gasteiger partial charge in [0.05, 0.1) is 16.4 Å². The number of sulfonamides is 1. The predicted molar refractivity (Wildman–Crippen MR) is 82.2 cm³/mol. The first-order valence-corrected chi connectivity index (χ1v) is 10.4. The van der Waals surface area contributed by atoms with E-state index in [9.17, 15) is 34.8 Å². The maximum Gasteiger partial charge on any atom is 0.405 e. The topological polar surface area (TPSA) is 109 Å². The number of carbonyl (C=O) groups is 1. The zero-order valence-corrected chi connectivity index (χ0v) is 14.3. The zero-order valence-electron chi connectivity index (χ0n) is 12.7. The third-order valence-corrected chi connectivity index (χ3v) is 6.73. The Morgan fingerprint density at radius 1 is 1.20 bits per heavy atom. The number of carbonyl (C=O) groups excluding carboxylic acids is 1. The molecular formula is C13H15F3N2O5S2. The molecule has 0 saturated carbocycles. The van der Waals surface area contributed by atoms with Crippen LogP contribution >= 0.6 is 0 Å². The molecule has 0 spiro atoms. The van der Waals surface area contributed by atoms with Gasteiger partial charge in [0.15, 0.2) is 9.84 Å². The Hall–Kier alpha value is -1.66. The van der Waals surface area contributed by atoms with Gasteiger partial charge in [0, 0.05) is 11.6 Å². The van der Waals surface area contributed by atoms with Crippen LogP contribution in [0.3, 0.4) is 0 Å². The van der Waals surface area contributed by atoms with Crippen LogP contribution in [-0.4, -0.2) is 53.0 Å². The van der Waals surface area contributed by atoms with E-state index in [1.165, 1.54) is 0 Å². The highest BCUT2D eigenvalue weighted by molar-refractivity contribution is 7.92. The number of nitrogens with one attached hydrogen (secondary N) is 2. The van der Waals surface area contributed by atoms with Crippen molar-refractivity contribution in [1.29, 1.82) is 0 Å². The summed E-state index contributed by atoms with van der Waals surface area (Å²) in [6.45, 7) is -1.50. The summed E-state index contributed by atoms with van der Waals surface area (Å²) in [5, 5.41) is 1.67. The molecule has 1 amide bonds. The number of hydrogen-bond acceptors (Lipinski definition) is 5. The van der Waals surface area contributed by atoms with E-state index in [0.717, 1.165) is 24.3 Å². The SMILES string of the molecule is O=C(NCC(F)(F)F)c1ccc(S(=O)(=O)N[C@H]2CCS(=O)(=O)C2)cc1. The van der Waals surface area contributed by atoms with Crippen molar-refractivity contribution in [3.63, 3.8) is 0 Å². The third kappa shape index (κ3) is 5.68. The van der Waals surface area contributed by atoms with Gasteiger partial charge in [-0.15, -0.1) is 0 Å². The van der Waals surface area contributed by atoms with E-state index >= 15 is 0 Å². The van der Waals surface area contributed by atoms with Gasteiger partial charge in [0.2, 0.25) is 10.0 Å². The lowest BCUT2D eigenvalue weighted by atomic mass is 10.2. The van der Waals surface area contributed by atoms with Gasteiger partial charge in [-0.3, -0.25) is 4.79 Å². The molecule has 1 aliphatic rings. The van der Waals surface area contributed by atoms with Crippen molar-refractivity contribution >= 4 is 25.8 Å². The van der Waals surface area contributed by atoms with Crippen molar-refractivity contribution < 1.29 is 34.8 Å². The molecule has 1 atom stereocenters. The molecular weight excluding hydrogens is 385 g/mol. The molecule has 1 aromatic rings. The number of amides is 1. The Morgan fingerprint density at radius 3 is 2.28 bits per heavy atom. The standard InChI is InChI=1S/C13H15F3N2O5S2/c14-13(15,16)8-17-12(19)9-1-3-11(4-2-9)25(22,23)18-10-5-6-24(20,21)7-10/h1-4,10,18H,5-8H2,(H,17,19)/t10-/m0/s1. The van der Waals surface area contributed by atoms with Gasteiger partial charge in [0.25, 0.3) is 5.91 Å². The third-order valence-electron chi connectivity index (χ3n) is 3.43. The summed E-state index contributed by atoms with van der Waals surface area (Å²) >= 11 is 0. The lowest BCUT2D eigenvalue weighted by Crippen LogP contribution is -2.35. The minimum atomic E-state index is -4.55. The molecule has 0 unspecified atom stereocenters. The van der Waals surface area contributed by atoms with Crippen molar-refractivity contribution in [2.75, 3.05) is 18.1 Å². The zero-order chi connectivity index (χ0) is 18.9. The minimum absolute atomic E-state index is 0.0987. The minimum Gasteiger partial charge on any atom is -0.343 e. The monoisotopic (exact) mass is 400 g/mol. The van der Waals surface area contributed by atoms with Crippen LogP contribution in [0.4, 0.5) is 13.2 Å². The Morgan fingerprint density at radius 2 is 1.80 bits per heavy atom. The molecule has 7 nitrogen and oxygen atoms in total. The quantitative estimate of drug-likeness (QED) is 0.746. The van der Waals surface area contributed by atoms with Gasteiger partial charge < -0.3 is 5.32 Å². The number of hydrogen-bond donors (Lipinski definition) is 2. The molecule has 1 aliphatic heterocycles. The number of halogens is 3. The summed E-state index contributed by atoms with van der Waals surface area (Å²) in [5.41, 5.74) is -0.133. The van der Waals surface area contributed by atoms with E-state index in [1.807, 2.05) is 0 Å². The van der Waals surface area contributed by atoms with E-state index in [4.69, 9.17) is 0 Å². The molecule has 0 aliphatic carbocycles. The first-order valence-electron chi connectivity index (χ1n) is 7.06. The van der Waals surface area contributed by atoms with E-state index in [-0.39, 0.29) is 28.4 Å². The summed E-state index contributed by atoms with van der Waals surface area (Å²) in [6.07, 6.45) is -4.38. The highest BCUT2D eigenvalue weighted by Crippen LogP contribution is 2.17. The smallest absolute Gasteiger partial charge is 0.343 e. The average molecular weight is 400 g/mol. The van der Waals surface area contributed by atoms with Crippen LogP contribution in [0.1, 0.15) is 16.8 Å². The van der Waals surface area contributed by atoms with Crippen LogP contribution in [-0.2, 0) is 19.9 Å². The Bertz CT molecular complexity index is 849. The van der Waals surface area contributed by atoms with Crippen molar-refractivity contribution in [3.8, 4) is 0 Å². The van der Waals surface area contributed by atoms with Crippen LogP contribution < -0.4 is 10.0 Å². The first-order chi connectivity index (χ1) is 11.4. The molecule has 140 valence electrons. The summed E-state index contributed by atoms with van der Waals surface area (Å²) in [7, 11) is -7.26. The molecule has 1 fully saturated rings. The molecule has 2 rings (SSSR count). The summed E-state index contributed by atoms with van der Waals surface area (Å²) in [4.78, 5) is 11.3. The Balaban J connectivity index is 2.04. The van der Waals surface area contributed by atoms with E-state index < -0.39 is 44.5 Å². The molecule has 0 aromatic heterocycles. The molecule has 2 N–H and O–H groups in total. The van der Waals surface area contributed by atoms with Crippen LogP contribution in [0.15, 0.2) is 29.2 Å². The van der Waals surface area contributed by atoms with E-state index in [1.54, 1.807) is 5.32 Å². The number of rotatable bonds is 5. The predicted octanol–water partition coefficient (Wildman–Crippen LogP) is 0.444. The van der Waals surface area contributed by atoms with Crippen LogP contribution in [0.2, 0.25) is 0 Å². The first kappa shape index (κ1) is 19.7. The fraction of sp³-hybridized carbons (Fsp3) is 0.462. The number of alkyl halides is 3. The van der Waals surface area contributed by atoms with Crippen molar-refractivity contribution in [2.24, 2.45) is 0 Å². The summed E-state index contributed by atoms with van der Waals surface area (Å²) in [6, 6.07) is 3.55. The van der Waals surface area contributed by atoms with Crippen LogP contribution in [0.25, 0.3) is 0 Å². The van der Waals surface area contributed by atoms with Gasteiger partial charge in [-0.25, -0.2) is 21.6 Å². The Kier molecular flexibility index (Phi) is 5.44. The maximum absolute atomic E-state index is 12.2. The maximum atomic E-state index is 12.2. The van der Waals surface area contributed by atoms with Gasteiger partial charge in [-0.2, -0.15) is 13.2 Å². The fourth-order valence-corrected chi connectivity index (χ4v) is 5.29. The highest BCUT2D eigenvalue weighted by Gasteiger charge is 2.31. The molecule has 25 heavy (non-hydrogen) atoms. The average Bonchev–Trinajstić information content (AvgIpc) is 2.82. The lowest BCUT2D eigenvalue weighted by molar-refractivity contribution is -0.123. The molecule has 1 saturated heterocycles. The van der Waals surface area contributed by atoms with Gasteiger partial charge in [-0.1, -0.05) is 0 Å². The fourth-order valence-electron chi connectivity index (χ4n) is 2.24. The van der Waals surface area contributed by atoms with Crippen molar-refractivity contribution in [1.82, 2.24) is 10.0 Å². The highest BCUT2D eigenvalue weighted by atomic mass is 32.2.